The highest BCUT2D eigenvalue weighted by molar-refractivity contribution is 6.44. The van der Waals surface area contributed by atoms with Crippen LogP contribution in [0.25, 0.3) is 0 Å². The van der Waals surface area contributed by atoms with Gasteiger partial charge in [0, 0.05) is 12.6 Å². The molecule has 0 heterocycles. The summed E-state index contributed by atoms with van der Waals surface area (Å²) in [7, 11) is 0. The van der Waals surface area contributed by atoms with Gasteiger partial charge in [-0.15, -0.1) is 0 Å². The number of carbonyl (C=O) groups excluding carboxylic acids is 1. The smallest absolute Gasteiger partial charge is 0.322 e. The lowest BCUT2D eigenvalue weighted by Crippen LogP contribution is -2.41. The van der Waals surface area contributed by atoms with E-state index in [1.54, 1.807) is 13.8 Å². The number of carboxylic acids is 1. The van der Waals surface area contributed by atoms with Crippen LogP contribution in [-0.2, 0) is 4.79 Å². The average Bonchev–Trinajstić information content (AvgIpc) is 2.35. The Kier molecular flexibility index (Phi) is 6.58. The van der Waals surface area contributed by atoms with Crippen molar-refractivity contribution in [3.63, 3.8) is 0 Å². The highest BCUT2D eigenvalue weighted by Crippen LogP contribution is 2.32. The number of halogens is 3. The van der Waals surface area contributed by atoms with Gasteiger partial charge in [0.05, 0.1) is 27.2 Å². The summed E-state index contributed by atoms with van der Waals surface area (Å²) in [6.45, 7) is 3.67. The Bertz CT molecular complexity index is 550. The van der Waals surface area contributed by atoms with E-state index in [1.807, 2.05) is 0 Å². The van der Waals surface area contributed by atoms with E-state index in [9.17, 15) is 9.59 Å². The number of aliphatic carboxylic acids is 1. The van der Waals surface area contributed by atoms with Crippen LogP contribution in [0.2, 0.25) is 15.1 Å². The Balaban J connectivity index is 2.86. The van der Waals surface area contributed by atoms with Crippen molar-refractivity contribution >= 4 is 52.5 Å². The summed E-state index contributed by atoms with van der Waals surface area (Å²) in [6, 6.07) is 2.26. The topological polar surface area (TPSA) is 69.6 Å². The maximum absolute atomic E-state index is 12.2. The number of amides is 2. The fraction of sp³-hybridized carbons (Fsp3) is 0.385. The third kappa shape index (κ3) is 5.26. The molecule has 0 saturated carbocycles. The van der Waals surface area contributed by atoms with Crippen molar-refractivity contribution in [1.29, 1.82) is 0 Å². The predicted octanol–water partition coefficient (Wildman–Crippen LogP) is 4.36. The number of rotatable bonds is 5. The zero-order chi connectivity index (χ0) is 16.2. The van der Waals surface area contributed by atoms with Crippen LogP contribution in [0.3, 0.4) is 0 Å². The molecule has 1 aromatic rings. The number of carbonyl (C=O) groups is 2. The second-order valence-corrected chi connectivity index (χ2v) is 5.83. The van der Waals surface area contributed by atoms with Gasteiger partial charge in [0.25, 0.3) is 0 Å². The van der Waals surface area contributed by atoms with Gasteiger partial charge in [-0.2, -0.15) is 0 Å². The molecule has 8 heteroatoms. The number of nitrogens with one attached hydrogen (secondary N) is 1. The minimum absolute atomic E-state index is 0.0950. The van der Waals surface area contributed by atoms with E-state index in [0.717, 1.165) is 0 Å². The van der Waals surface area contributed by atoms with Crippen molar-refractivity contribution in [3.8, 4) is 0 Å². The molecule has 2 amide bonds. The molecule has 21 heavy (non-hydrogen) atoms. The van der Waals surface area contributed by atoms with Crippen molar-refractivity contribution in [2.24, 2.45) is 0 Å². The zero-order valence-corrected chi connectivity index (χ0v) is 13.8. The normalized spacial score (nSPS) is 10.6. The van der Waals surface area contributed by atoms with Crippen LogP contribution in [0.1, 0.15) is 20.3 Å². The van der Waals surface area contributed by atoms with Gasteiger partial charge in [0.15, 0.2) is 0 Å². The average molecular weight is 354 g/mol. The van der Waals surface area contributed by atoms with Crippen LogP contribution in [-0.4, -0.2) is 34.6 Å². The number of anilines is 1. The largest absolute Gasteiger partial charge is 0.481 e. The molecule has 1 aromatic carbocycles. The molecule has 0 atom stereocenters. The SMILES string of the molecule is CC(C)N(CCC(=O)O)C(=O)Nc1cc(Cl)c(Cl)cc1Cl. The second kappa shape index (κ2) is 7.73. The summed E-state index contributed by atoms with van der Waals surface area (Å²) >= 11 is 17.7. The van der Waals surface area contributed by atoms with Gasteiger partial charge in [0.1, 0.15) is 0 Å². The van der Waals surface area contributed by atoms with Crippen molar-refractivity contribution in [2.75, 3.05) is 11.9 Å². The van der Waals surface area contributed by atoms with Gasteiger partial charge in [-0.25, -0.2) is 4.79 Å². The van der Waals surface area contributed by atoms with Crippen LogP contribution in [0.5, 0.6) is 0 Å². The van der Waals surface area contributed by atoms with E-state index >= 15 is 0 Å². The standard InChI is InChI=1S/C13H15Cl3N2O3/c1-7(2)18(4-3-12(19)20)13(21)17-11-6-9(15)8(14)5-10(11)16/h5-7H,3-4H2,1-2H3,(H,17,21)(H,19,20). The maximum Gasteiger partial charge on any atom is 0.322 e. The molecule has 0 aromatic heterocycles. The summed E-state index contributed by atoms with van der Waals surface area (Å²) in [5, 5.41) is 12.1. The first-order valence-corrected chi connectivity index (χ1v) is 7.29. The van der Waals surface area contributed by atoms with E-state index in [4.69, 9.17) is 39.9 Å². The first kappa shape index (κ1) is 17.9. The lowest BCUT2D eigenvalue weighted by Gasteiger charge is -2.26. The van der Waals surface area contributed by atoms with E-state index in [-0.39, 0.29) is 34.1 Å². The van der Waals surface area contributed by atoms with Gasteiger partial charge in [-0.05, 0) is 26.0 Å². The van der Waals surface area contributed by atoms with Crippen LogP contribution in [0, 0.1) is 0 Å². The van der Waals surface area contributed by atoms with E-state index < -0.39 is 12.0 Å². The Morgan fingerprint density at radius 2 is 1.76 bits per heavy atom. The van der Waals surface area contributed by atoms with Crippen LogP contribution < -0.4 is 5.32 Å². The number of nitrogens with zero attached hydrogens (tertiary/aromatic N) is 1. The fourth-order valence-electron chi connectivity index (χ4n) is 1.62. The Morgan fingerprint density at radius 3 is 2.29 bits per heavy atom. The van der Waals surface area contributed by atoms with Gasteiger partial charge in [-0.3, -0.25) is 4.79 Å². The first-order valence-electron chi connectivity index (χ1n) is 6.16. The summed E-state index contributed by atoms with van der Waals surface area (Å²) in [5.74, 6) is -0.971. The molecule has 116 valence electrons. The Morgan fingerprint density at radius 1 is 1.19 bits per heavy atom. The molecule has 5 nitrogen and oxygen atoms in total. The van der Waals surface area contributed by atoms with Crippen molar-refractivity contribution < 1.29 is 14.7 Å². The molecule has 0 radical (unpaired) electrons. The highest BCUT2D eigenvalue weighted by atomic mass is 35.5. The number of carboxylic acid groups (broad SMARTS) is 1. The number of hydrogen-bond donors (Lipinski definition) is 2. The van der Waals surface area contributed by atoms with E-state index in [2.05, 4.69) is 5.32 Å². The molecule has 2 N–H and O–H groups in total. The molecule has 1 rings (SSSR count). The summed E-state index contributed by atoms with van der Waals surface area (Å²) in [6.07, 6.45) is -0.138. The predicted molar refractivity (Wildman–Crippen MR) is 84.6 cm³/mol. The third-order valence-corrected chi connectivity index (χ3v) is 3.74. The minimum Gasteiger partial charge on any atom is -0.481 e. The minimum atomic E-state index is -0.971. The molecule has 0 saturated heterocycles. The van der Waals surface area contributed by atoms with Gasteiger partial charge in [-0.1, -0.05) is 34.8 Å². The third-order valence-electron chi connectivity index (χ3n) is 2.70. The first-order chi connectivity index (χ1) is 9.72. The van der Waals surface area contributed by atoms with Crippen LogP contribution in [0.4, 0.5) is 10.5 Å². The molecule has 0 aliphatic carbocycles. The molecule has 0 aliphatic heterocycles. The number of benzene rings is 1. The number of hydrogen-bond acceptors (Lipinski definition) is 2. The number of urea groups is 1. The zero-order valence-electron chi connectivity index (χ0n) is 11.5. The summed E-state index contributed by atoms with van der Waals surface area (Å²) < 4.78 is 0. The molecule has 0 spiro atoms. The second-order valence-electron chi connectivity index (χ2n) is 4.61. The molecular formula is C13H15Cl3N2O3. The monoisotopic (exact) mass is 352 g/mol. The Hall–Kier alpha value is -1.17. The fourth-order valence-corrected chi connectivity index (χ4v) is 2.21. The van der Waals surface area contributed by atoms with E-state index in [1.165, 1.54) is 17.0 Å². The van der Waals surface area contributed by atoms with E-state index in [0.29, 0.717) is 5.69 Å². The maximum atomic E-state index is 12.2. The summed E-state index contributed by atoms with van der Waals surface area (Å²) in [4.78, 5) is 24.2. The highest BCUT2D eigenvalue weighted by Gasteiger charge is 2.19. The van der Waals surface area contributed by atoms with Gasteiger partial charge in [0.2, 0.25) is 0 Å². The van der Waals surface area contributed by atoms with Crippen molar-refractivity contribution in [2.45, 2.75) is 26.3 Å². The lowest BCUT2D eigenvalue weighted by atomic mass is 10.3. The van der Waals surface area contributed by atoms with Crippen LogP contribution in [0.15, 0.2) is 12.1 Å². The molecule has 0 unspecified atom stereocenters. The van der Waals surface area contributed by atoms with Gasteiger partial charge >= 0.3 is 12.0 Å². The van der Waals surface area contributed by atoms with Gasteiger partial charge < -0.3 is 15.3 Å². The molecular weight excluding hydrogens is 339 g/mol. The van der Waals surface area contributed by atoms with Crippen molar-refractivity contribution in [1.82, 2.24) is 4.90 Å². The Labute approximate surface area is 137 Å². The quantitative estimate of drug-likeness (QED) is 0.773. The van der Waals surface area contributed by atoms with Crippen LogP contribution >= 0.6 is 34.8 Å². The molecule has 0 aliphatic rings. The molecule has 0 bridgehead atoms. The lowest BCUT2D eigenvalue weighted by molar-refractivity contribution is -0.137. The molecule has 0 fully saturated rings. The summed E-state index contributed by atoms with van der Waals surface area (Å²) in [5.41, 5.74) is 0.317. The van der Waals surface area contributed by atoms with Crippen molar-refractivity contribution in [3.05, 3.63) is 27.2 Å².